The molecule has 100 valence electrons. The Bertz CT molecular complexity index is 285. The smallest absolute Gasteiger partial charge is 0.422 e. The Kier molecular flexibility index (Phi) is 4.91. The van der Waals surface area contributed by atoms with E-state index < -0.39 is 30.1 Å². The van der Waals surface area contributed by atoms with E-state index in [2.05, 4.69) is 4.74 Å². The first-order valence-electron chi connectivity index (χ1n) is 4.63. The number of amides is 1. The normalized spacial score (nSPS) is 15.9. The summed E-state index contributed by atoms with van der Waals surface area (Å²) in [7, 11) is 0. The third-order valence-electron chi connectivity index (χ3n) is 1.46. The van der Waals surface area contributed by atoms with Crippen molar-refractivity contribution in [3.05, 3.63) is 0 Å². The Labute approximate surface area is 95.3 Å². The summed E-state index contributed by atoms with van der Waals surface area (Å²) < 4.78 is 53.2. The summed E-state index contributed by atoms with van der Waals surface area (Å²) in [5, 5.41) is 1.51. The standard InChI is InChI=1S/C9H13F4NO3/c1-8(2,3)17-7(16)14-5(4-15)6(10)9(11,12)13/h4-6H,1-3H3,(H,14,16). The molecule has 1 N–H and O–H groups in total. The maximum atomic E-state index is 12.7. The van der Waals surface area contributed by atoms with Crippen LogP contribution in [-0.4, -0.2) is 36.4 Å². The molecule has 0 aromatic carbocycles. The number of alkyl halides is 4. The van der Waals surface area contributed by atoms with E-state index in [-0.39, 0.29) is 6.29 Å². The predicted molar refractivity (Wildman–Crippen MR) is 50.2 cm³/mol. The van der Waals surface area contributed by atoms with Gasteiger partial charge in [0.25, 0.3) is 0 Å². The second kappa shape index (κ2) is 5.33. The highest BCUT2D eigenvalue weighted by Crippen LogP contribution is 2.25. The van der Waals surface area contributed by atoms with Crippen LogP contribution >= 0.6 is 0 Å². The molecule has 8 heteroatoms. The van der Waals surface area contributed by atoms with Gasteiger partial charge in [0.15, 0.2) is 0 Å². The summed E-state index contributed by atoms with van der Waals surface area (Å²) in [5.41, 5.74) is -0.957. The molecule has 0 radical (unpaired) electrons. The van der Waals surface area contributed by atoms with Gasteiger partial charge in [-0.2, -0.15) is 13.2 Å². The Morgan fingerprint density at radius 3 is 2.06 bits per heavy atom. The summed E-state index contributed by atoms with van der Waals surface area (Å²) in [6.45, 7) is 4.41. The van der Waals surface area contributed by atoms with Crippen LogP contribution in [0.4, 0.5) is 22.4 Å². The maximum absolute atomic E-state index is 12.7. The number of halogens is 4. The molecule has 0 aromatic heterocycles. The first kappa shape index (κ1) is 15.7. The van der Waals surface area contributed by atoms with Crippen molar-refractivity contribution in [2.45, 2.75) is 44.8 Å². The maximum Gasteiger partial charge on any atom is 0.422 e. The van der Waals surface area contributed by atoms with Crippen molar-refractivity contribution in [3.8, 4) is 0 Å². The molecular weight excluding hydrogens is 246 g/mol. The Morgan fingerprint density at radius 1 is 1.29 bits per heavy atom. The van der Waals surface area contributed by atoms with Crippen LogP contribution in [0.25, 0.3) is 0 Å². The fraction of sp³-hybridized carbons (Fsp3) is 0.778. The summed E-state index contributed by atoms with van der Waals surface area (Å²) in [5.74, 6) is 0. The van der Waals surface area contributed by atoms with E-state index in [1.165, 1.54) is 26.1 Å². The van der Waals surface area contributed by atoms with Crippen LogP contribution in [0.3, 0.4) is 0 Å². The molecule has 0 aliphatic rings. The van der Waals surface area contributed by atoms with E-state index in [1.807, 2.05) is 0 Å². The zero-order valence-corrected chi connectivity index (χ0v) is 9.47. The minimum Gasteiger partial charge on any atom is -0.444 e. The van der Waals surface area contributed by atoms with Crippen LogP contribution in [0.1, 0.15) is 20.8 Å². The number of carbonyl (C=O) groups excluding carboxylic acids is 2. The molecule has 0 spiro atoms. The molecular formula is C9H13F4NO3. The van der Waals surface area contributed by atoms with Crippen molar-refractivity contribution in [2.24, 2.45) is 0 Å². The molecule has 0 saturated carbocycles. The van der Waals surface area contributed by atoms with Gasteiger partial charge in [-0.05, 0) is 20.8 Å². The first-order chi connectivity index (χ1) is 7.47. The summed E-state index contributed by atoms with van der Waals surface area (Å²) in [6.07, 6.45) is -10.3. The van der Waals surface area contributed by atoms with E-state index in [0.29, 0.717) is 0 Å². The molecule has 0 aromatic rings. The second-order valence-corrected chi connectivity index (χ2v) is 4.25. The fourth-order valence-corrected chi connectivity index (χ4v) is 0.823. The summed E-state index contributed by atoms with van der Waals surface area (Å²) in [4.78, 5) is 21.3. The van der Waals surface area contributed by atoms with Gasteiger partial charge in [0.2, 0.25) is 6.17 Å². The number of aldehydes is 1. The third-order valence-corrected chi connectivity index (χ3v) is 1.46. The van der Waals surface area contributed by atoms with Crippen LogP contribution in [0.15, 0.2) is 0 Å². The van der Waals surface area contributed by atoms with Gasteiger partial charge in [-0.3, -0.25) is 0 Å². The average molecular weight is 259 g/mol. The number of carbonyl (C=O) groups is 2. The molecule has 17 heavy (non-hydrogen) atoms. The highest BCUT2D eigenvalue weighted by molar-refractivity contribution is 5.73. The van der Waals surface area contributed by atoms with Crippen LogP contribution in [0, 0.1) is 0 Å². The van der Waals surface area contributed by atoms with Crippen LogP contribution in [0.2, 0.25) is 0 Å². The van der Waals surface area contributed by atoms with Crippen molar-refractivity contribution >= 4 is 12.4 Å². The van der Waals surface area contributed by atoms with Crippen molar-refractivity contribution in [1.82, 2.24) is 5.32 Å². The lowest BCUT2D eigenvalue weighted by Gasteiger charge is -2.23. The number of hydrogen-bond donors (Lipinski definition) is 1. The van der Waals surface area contributed by atoms with Crippen molar-refractivity contribution in [3.63, 3.8) is 0 Å². The molecule has 2 unspecified atom stereocenters. The molecule has 0 fully saturated rings. The second-order valence-electron chi connectivity index (χ2n) is 4.25. The number of nitrogens with one attached hydrogen (secondary N) is 1. The van der Waals surface area contributed by atoms with E-state index in [9.17, 15) is 27.2 Å². The quantitative estimate of drug-likeness (QED) is 0.622. The zero-order chi connectivity index (χ0) is 13.9. The van der Waals surface area contributed by atoms with E-state index >= 15 is 0 Å². The van der Waals surface area contributed by atoms with Gasteiger partial charge in [0, 0.05) is 0 Å². The van der Waals surface area contributed by atoms with Gasteiger partial charge in [-0.25, -0.2) is 9.18 Å². The monoisotopic (exact) mass is 259 g/mol. The molecule has 0 aliphatic carbocycles. The van der Waals surface area contributed by atoms with Gasteiger partial charge in [0.1, 0.15) is 17.9 Å². The molecule has 1 amide bonds. The lowest BCUT2D eigenvalue weighted by molar-refractivity contribution is -0.187. The number of hydrogen-bond acceptors (Lipinski definition) is 3. The minimum atomic E-state index is -5.22. The molecule has 2 atom stereocenters. The van der Waals surface area contributed by atoms with Crippen LogP contribution in [0.5, 0.6) is 0 Å². The van der Waals surface area contributed by atoms with Gasteiger partial charge >= 0.3 is 12.3 Å². The number of alkyl carbamates (subject to hydrolysis) is 1. The number of rotatable bonds is 3. The van der Waals surface area contributed by atoms with Gasteiger partial charge in [-0.15, -0.1) is 0 Å². The fourth-order valence-electron chi connectivity index (χ4n) is 0.823. The molecule has 0 rings (SSSR count). The largest absolute Gasteiger partial charge is 0.444 e. The van der Waals surface area contributed by atoms with E-state index in [0.717, 1.165) is 0 Å². The minimum absolute atomic E-state index is 0.331. The van der Waals surface area contributed by atoms with Gasteiger partial charge in [-0.1, -0.05) is 0 Å². The van der Waals surface area contributed by atoms with Crippen molar-refractivity contribution < 1.29 is 31.9 Å². The molecule has 4 nitrogen and oxygen atoms in total. The lowest BCUT2D eigenvalue weighted by atomic mass is 10.2. The Hall–Kier alpha value is -1.34. The van der Waals surface area contributed by atoms with Gasteiger partial charge < -0.3 is 14.8 Å². The number of ether oxygens (including phenoxy) is 1. The molecule has 0 heterocycles. The zero-order valence-electron chi connectivity index (χ0n) is 9.47. The summed E-state index contributed by atoms with van der Waals surface area (Å²) in [6, 6.07) is -2.31. The predicted octanol–water partition coefficient (Wildman–Crippen LogP) is 1.98. The SMILES string of the molecule is CC(C)(C)OC(=O)NC(C=O)C(F)C(F)(F)F. The molecule has 0 aliphatic heterocycles. The summed E-state index contributed by atoms with van der Waals surface area (Å²) >= 11 is 0. The van der Waals surface area contributed by atoms with Crippen molar-refractivity contribution in [1.29, 1.82) is 0 Å². The Morgan fingerprint density at radius 2 is 1.76 bits per heavy atom. The lowest BCUT2D eigenvalue weighted by Crippen LogP contribution is -2.50. The van der Waals surface area contributed by atoms with E-state index in [4.69, 9.17) is 0 Å². The van der Waals surface area contributed by atoms with E-state index in [1.54, 1.807) is 0 Å². The molecule has 0 saturated heterocycles. The molecule has 0 bridgehead atoms. The highest BCUT2D eigenvalue weighted by atomic mass is 19.4. The highest BCUT2D eigenvalue weighted by Gasteiger charge is 2.46. The topological polar surface area (TPSA) is 55.4 Å². The Balaban J connectivity index is 4.52. The average Bonchev–Trinajstić information content (AvgIpc) is 2.08. The van der Waals surface area contributed by atoms with Gasteiger partial charge in [0.05, 0.1) is 0 Å². The van der Waals surface area contributed by atoms with Crippen LogP contribution in [-0.2, 0) is 9.53 Å². The third kappa shape index (κ3) is 6.08. The van der Waals surface area contributed by atoms with Crippen LogP contribution < -0.4 is 5.32 Å². The van der Waals surface area contributed by atoms with Crippen molar-refractivity contribution in [2.75, 3.05) is 0 Å². The first-order valence-corrected chi connectivity index (χ1v) is 4.63.